The van der Waals surface area contributed by atoms with Crippen molar-refractivity contribution in [1.29, 1.82) is 0 Å². The largest absolute Gasteiger partial charge is 0.352 e. The lowest BCUT2D eigenvalue weighted by atomic mass is 9.95. The summed E-state index contributed by atoms with van der Waals surface area (Å²) in [7, 11) is -3.79. The number of nitrogens with zero attached hydrogens (tertiary/aromatic N) is 2. The van der Waals surface area contributed by atoms with E-state index in [4.69, 9.17) is 11.6 Å². The van der Waals surface area contributed by atoms with Crippen molar-refractivity contribution in [3.8, 4) is 0 Å². The Kier molecular flexibility index (Phi) is 9.41. The van der Waals surface area contributed by atoms with Gasteiger partial charge in [-0.25, -0.2) is 8.42 Å². The molecule has 1 atom stereocenters. The van der Waals surface area contributed by atoms with Crippen molar-refractivity contribution in [1.82, 2.24) is 10.2 Å². The van der Waals surface area contributed by atoms with E-state index in [1.807, 2.05) is 31.2 Å². The Morgan fingerprint density at radius 3 is 2.28 bits per heavy atom. The van der Waals surface area contributed by atoms with E-state index in [1.165, 1.54) is 11.3 Å². The van der Waals surface area contributed by atoms with Gasteiger partial charge in [0.1, 0.15) is 12.6 Å². The Morgan fingerprint density at radius 2 is 1.69 bits per heavy atom. The third-order valence-electron chi connectivity index (χ3n) is 6.70. The van der Waals surface area contributed by atoms with Gasteiger partial charge in [-0.1, -0.05) is 60.7 Å². The Bertz CT molecular complexity index is 1180. The molecule has 196 valence electrons. The standard InChI is InChI=1S/C27H36ClN3O4S/c1-19-10-12-22(13-11-19)17-30(21(3)27(33)29-24-8-6-5-7-9-24)26(32)18-31(36(4,34)35)25-15-14-23(28)16-20(25)2/h10-16,21,24H,5-9,17-18H2,1-4H3,(H,29,33)/t21-/m1/s1. The Morgan fingerprint density at radius 1 is 1.06 bits per heavy atom. The molecule has 9 heteroatoms. The van der Waals surface area contributed by atoms with Gasteiger partial charge in [0.15, 0.2) is 0 Å². The third-order valence-corrected chi connectivity index (χ3v) is 8.06. The summed E-state index contributed by atoms with van der Waals surface area (Å²) in [4.78, 5) is 28.3. The van der Waals surface area contributed by atoms with Gasteiger partial charge in [0.25, 0.3) is 0 Å². The number of hydrogen-bond donors (Lipinski definition) is 1. The molecule has 1 aliphatic carbocycles. The first-order valence-electron chi connectivity index (χ1n) is 12.3. The predicted molar refractivity (Wildman–Crippen MR) is 145 cm³/mol. The van der Waals surface area contributed by atoms with E-state index >= 15 is 0 Å². The van der Waals surface area contributed by atoms with Crippen molar-refractivity contribution in [2.24, 2.45) is 0 Å². The van der Waals surface area contributed by atoms with Crippen LogP contribution in [0.5, 0.6) is 0 Å². The van der Waals surface area contributed by atoms with Gasteiger partial charge < -0.3 is 10.2 Å². The highest BCUT2D eigenvalue weighted by Crippen LogP contribution is 2.26. The molecule has 0 aliphatic heterocycles. The molecule has 0 heterocycles. The highest BCUT2D eigenvalue weighted by Gasteiger charge is 2.31. The van der Waals surface area contributed by atoms with E-state index in [0.29, 0.717) is 16.3 Å². The van der Waals surface area contributed by atoms with Gasteiger partial charge in [-0.2, -0.15) is 0 Å². The highest BCUT2D eigenvalue weighted by molar-refractivity contribution is 7.92. The molecule has 1 saturated carbocycles. The smallest absolute Gasteiger partial charge is 0.244 e. The van der Waals surface area contributed by atoms with E-state index in [0.717, 1.165) is 47.4 Å². The summed E-state index contributed by atoms with van der Waals surface area (Å²) < 4.78 is 26.5. The molecular formula is C27H36ClN3O4S. The van der Waals surface area contributed by atoms with Crippen LogP contribution in [-0.4, -0.2) is 50.0 Å². The molecule has 0 unspecified atom stereocenters. The Hall–Kier alpha value is -2.58. The molecule has 1 N–H and O–H groups in total. The van der Waals surface area contributed by atoms with Crippen LogP contribution < -0.4 is 9.62 Å². The molecule has 2 aromatic carbocycles. The maximum Gasteiger partial charge on any atom is 0.244 e. The molecule has 2 aromatic rings. The van der Waals surface area contributed by atoms with Crippen molar-refractivity contribution < 1.29 is 18.0 Å². The van der Waals surface area contributed by atoms with Gasteiger partial charge in [-0.15, -0.1) is 0 Å². The zero-order valence-electron chi connectivity index (χ0n) is 21.5. The normalized spacial score (nSPS) is 15.2. The van der Waals surface area contributed by atoms with E-state index in [-0.39, 0.29) is 18.5 Å². The van der Waals surface area contributed by atoms with Gasteiger partial charge in [0, 0.05) is 17.6 Å². The monoisotopic (exact) mass is 533 g/mol. The summed E-state index contributed by atoms with van der Waals surface area (Å²) in [6.07, 6.45) is 6.26. The van der Waals surface area contributed by atoms with Crippen LogP contribution in [0, 0.1) is 13.8 Å². The second kappa shape index (κ2) is 12.1. The minimum atomic E-state index is -3.79. The minimum Gasteiger partial charge on any atom is -0.352 e. The lowest BCUT2D eigenvalue weighted by molar-refractivity contribution is -0.139. The van der Waals surface area contributed by atoms with E-state index in [9.17, 15) is 18.0 Å². The molecule has 36 heavy (non-hydrogen) atoms. The molecule has 7 nitrogen and oxygen atoms in total. The number of hydrogen-bond acceptors (Lipinski definition) is 4. The SMILES string of the molecule is Cc1ccc(CN(C(=O)CN(c2ccc(Cl)cc2C)S(C)(=O)=O)[C@H](C)C(=O)NC2CCCCC2)cc1. The van der Waals surface area contributed by atoms with Crippen molar-refractivity contribution in [2.45, 2.75) is 71.5 Å². The number of sulfonamides is 1. The Labute approximate surface area is 219 Å². The first-order valence-corrected chi connectivity index (χ1v) is 14.6. The zero-order chi connectivity index (χ0) is 26.5. The van der Waals surface area contributed by atoms with Crippen LogP contribution in [0.3, 0.4) is 0 Å². The molecule has 0 bridgehead atoms. The zero-order valence-corrected chi connectivity index (χ0v) is 23.0. The average molecular weight is 534 g/mol. The summed E-state index contributed by atoms with van der Waals surface area (Å²) in [5, 5.41) is 3.58. The molecular weight excluding hydrogens is 498 g/mol. The number of nitrogens with one attached hydrogen (secondary N) is 1. The summed E-state index contributed by atoms with van der Waals surface area (Å²) in [6.45, 7) is 5.19. The second-order valence-corrected chi connectivity index (χ2v) is 12.1. The van der Waals surface area contributed by atoms with E-state index < -0.39 is 28.5 Å². The topological polar surface area (TPSA) is 86.8 Å². The number of aryl methyl sites for hydroxylation is 2. The number of anilines is 1. The first kappa shape index (κ1) is 28.0. The number of benzene rings is 2. The fourth-order valence-electron chi connectivity index (χ4n) is 4.53. The van der Waals surface area contributed by atoms with Crippen molar-refractivity contribution in [2.75, 3.05) is 17.1 Å². The minimum absolute atomic E-state index is 0.106. The van der Waals surface area contributed by atoms with Crippen LogP contribution in [-0.2, 0) is 26.2 Å². The van der Waals surface area contributed by atoms with Crippen LogP contribution in [0.2, 0.25) is 5.02 Å². The average Bonchev–Trinajstić information content (AvgIpc) is 2.82. The van der Waals surface area contributed by atoms with E-state index in [2.05, 4.69) is 5.32 Å². The van der Waals surface area contributed by atoms with Crippen molar-refractivity contribution in [3.63, 3.8) is 0 Å². The summed E-state index contributed by atoms with van der Waals surface area (Å²) in [5.74, 6) is -0.683. The van der Waals surface area contributed by atoms with Crippen LogP contribution >= 0.6 is 11.6 Å². The number of rotatable bonds is 9. The maximum absolute atomic E-state index is 13.7. The fraction of sp³-hybridized carbons (Fsp3) is 0.481. The fourth-order valence-corrected chi connectivity index (χ4v) is 5.67. The van der Waals surface area contributed by atoms with Gasteiger partial charge in [0.2, 0.25) is 21.8 Å². The number of halogens is 1. The van der Waals surface area contributed by atoms with Crippen molar-refractivity contribution in [3.05, 3.63) is 64.2 Å². The van der Waals surface area contributed by atoms with Gasteiger partial charge in [-0.3, -0.25) is 13.9 Å². The number of carbonyl (C=O) groups is 2. The van der Waals surface area contributed by atoms with Crippen LogP contribution in [0.25, 0.3) is 0 Å². The molecule has 1 aliphatic rings. The summed E-state index contributed by atoms with van der Waals surface area (Å²) >= 11 is 6.06. The van der Waals surface area contributed by atoms with Crippen LogP contribution in [0.15, 0.2) is 42.5 Å². The number of amides is 2. The maximum atomic E-state index is 13.7. The quantitative estimate of drug-likeness (QED) is 0.511. The van der Waals surface area contributed by atoms with Gasteiger partial charge in [0.05, 0.1) is 11.9 Å². The van der Waals surface area contributed by atoms with E-state index in [1.54, 1.807) is 32.0 Å². The lowest BCUT2D eigenvalue weighted by Gasteiger charge is -2.33. The van der Waals surface area contributed by atoms with Crippen LogP contribution in [0.4, 0.5) is 5.69 Å². The van der Waals surface area contributed by atoms with Crippen LogP contribution in [0.1, 0.15) is 55.7 Å². The van der Waals surface area contributed by atoms with Crippen molar-refractivity contribution >= 4 is 39.1 Å². The van der Waals surface area contributed by atoms with Gasteiger partial charge >= 0.3 is 0 Å². The molecule has 1 fully saturated rings. The first-order chi connectivity index (χ1) is 17.0. The predicted octanol–water partition coefficient (Wildman–Crippen LogP) is 4.59. The summed E-state index contributed by atoms with van der Waals surface area (Å²) in [5.41, 5.74) is 2.96. The molecule has 3 rings (SSSR count). The molecule has 0 spiro atoms. The molecule has 0 aromatic heterocycles. The second-order valence-electron chi connectivity index (χ2n) is 9.73. The lowest BCUT2D eigenvalue weighted by Crippen LogP contribution is -2.53. The summed E-state index contributed by atoms with van der Waals surface area (Å²) in [6, 6.07) is 11.9. The van der Waals surface area contributed by atoms with Gasteiger partial charge in [-0.05, 0) is 62.9 Å². The third kappa shape index (κ3) is 7.46. The molecule has 0 saturated heterocycles. The Balaban J connectivity index is 1.88. The molecule has 0 radical (unpaired) electrons. The highest BCUT2D eigenvalue weighted by atomic mass is 35.5. The molecule has 2 amide bonds. The number of carbonyl (C=O) groups excluding carboxylic acids is 2.